The summed E-state index contributed by atoms with van der Waals surface area (Å²) in [6.45, 7) is 4.34. The normalized spacial score (nSPS) is 14.3. The van der Waals surface area contributed by atoms with Crippen LogP contribution in [0.4, 0.5) is 0 Å². The molecule has 0 radical (unpaired) electrons. The molecular formula is C17H27O7PS. The second-order valence-corrected chi connectivity index (χ2v) is 9.98. The zero-order chi connectivity index (χ0) is 19.8. The Morgan fingerprint density at radius 3 is 2.62 bits per heavy atom. The van der Waals surface area contributed by atoms with E-state index in [1.807, 2.05) is 37.3 Å². The second kappa shape index (κ2) is 10.2. The van der Waals surface area contributed by atoms with Crippen molar-refractivity contribution in [2.75, 3.05) is 6.61 Å². The van der Waals surface area contributed by atoms with Gasteiger partial charge in [-0.2, -0.15) is 8.42 Å². The average molecular weight is 406 g/mol. The van der Waals surface area contributed by atoms with Gasteiger partial charge >= 0.3 is 7.60 Å². The van der Waals surface area contributed by atoms with Gasteiger partial charge in [-0.05, 0) is 55.9 Å². The summed E-state index contributed by atoms with van der Waals surface area (Å²) in [5, 5.41) is 0. The molecule has 1 atom stereocenters. The monoisotopic (exact) mass is 406 g/mol. The maximum absolute atomic E-state index is 11.2. The lowest BCUT2D eigenvalue weighted by molar-refractivity contribution is 0.350. The summed E-state index contributed by atoms with van der Waals surface area (Å²) < 4.78 is 47.9. The molecule has 0 aromatic heterocycles. The Morgan fingerprint density at radius 2 is 2.04 bits per heavy atom. The Morgan fingerprint density at radius 1 is 1.35 bits per heavy atom. The van der Waals surface area contributed by atoms with Crippen LogP contribution in [-0.2, 0) is 21.1 Å². The third-order valence-corrected chi connectivity index (χ3v) is 7.33. The zero-order valence-electron chi connectivity index (χ0n) is 15.0. The Hall–Kier alpha value is -1.18. The van der Waals surface area contributed by atoms with Crippen LogP contribution in [0.1, 0.15) is 45.1 Å². The van der Waals surface area contributed by atoms with Gasteiger partial charge in [0.15, 0.2) is 4.99 Å². The van der Waals surface area contributed by atoms with Crippen molar-refractivity contribution in [3.63, 3.8) is 0 Å². The van der Waals surface area contributed by atoms with E-state index < -0.39 is 22.7 Å². The number of allylic oxidation sites excluding steroid dienone is 1. The third kappa shape index (κ3) is 8.47. The Kier molecular flexibility index (Phi) is 9.00. The molecule has 0 aliphatic heterocycles. The first-order valence-electron chi connectivity index (χ1n) is 8.43. The van der Waals surface area contributed by atoms with Crippen molar-refractivity contribution in [2.45, 2.75) is 50.9 Å². The summed E-state index contributed by atoms with van der Waals surface area (Å²) in [7, 11) is -9.70. The molecule has 1 aromatic rings. The number of benzene rings is 1. The molecule has 1 aromatic carbocycles. The Balaban J connectivity index is 2.49. The molecule has 0 fully saturated rings. The highest BCUT2D eigenvalue weighted by Gasteiger charge is 2.38. The third-order valence-electron chi connectivity index (χ3n) is 3.77. The van der Waals surface area contributed by atoms with E-state index in [1.54, 1.807) is 0 Å². The molecule has 26 heavy (non-hydrogen) atoms. The lowest BCUT2D eigenvalue weighted by atomic mass is 10.1. The number of rotatable bonds is 11. The predicted octanol–water partition coefficient (Wildman–Crippen LogP) is 3.53. The summed E-state index contributed by atoms with van der Waals surface area (Å²) in [5.41, 5.74) is 2.13. The van der Waals surface area contributed by atoms with Gasteiger partial charge in [0.25, 0.3) is 10.1 Å². The van der Waals surface area contributed by atoms with Gasteiger partial charge < -0.3 is 14.5 Å². The van der Waals surface area contributed by atoms with Crippen LogP contribution in [0, 0.1) is 0 Å². The maximum atomic E-state index is 11.2. The van der Waals surface area contributed by atoms with E-state index >= 15 is 0 Å². The first kappa shape index (κ1) is 22.9. The highest BCUT2D eigenvalue weighted by molar-refractivity contribution is 7.93. The predicted molar refractivity (Wildman–Crippen MR) is 101 cm³/mol. The molecule has 1 rings (SSSR count). The van der Waals surface area contributed by atoms with Crippen molar-refractivity contribution in [1.29, 1.82) is 0 Å². The molecular weight excluding hydrogens is 379 g/mol. The van der Waals surface area contributed by atoms with Gasteiger partial charge in [0.1, 0.15) is 12.4 Å². The topological polar surface area (TPSA) is 121 Å². The molecule has 0 aliphatic rings. The summed E-state index contributed by atoms with van der Waals surface area (Å²) in [6, 6.07) is 7.86. The van der Waals surface area contributed by atoms with Crippen molar-refractivity contribution < 1.29 is 32.1 Å². The quantitative estimate of drug-likeness (QED) is 0.222. The van der Waals surface area contributed by atoms with E-state index in [1.165, 1.54) is 5.56 Å². The average Bonchev–Trinajstić information content (AvgIpc) is 2.51. The minimum Gasteiger partial charge on any atom is -0.489 e. The number of ether oxygens (including phenoxy) is 1. The lowest BCUT2D eigenvalue weighted by Gasteiger charge is -2.14. The fraction of sp³-hybridized carbons (Fsp3) is 0.529. The number of unbranched alkanes of at least 4 members (excludes halogenated alkanes) is 1. The SMILES string of the molecule is CCCc1cccc(OCC(C)=CCCCC(P(=O)(O)O)S(=O)(=O)O)c1. The summed E-state index contributed by atoms with van der Waals surface area (Å²) in [4.78, 5) is 16.0. The Labute approximate surface area is 155 Å². The van der Waals surface area contributed by atoms with Crippen LogP contribution in [0.5, 0.6) is 5.75 Å². The fourth-order valence-corrected chi connectivity index (χ4v) is 4.84. The van der Waals surface area contributed by atoms with Crippen LogP contribution in [0.3, 0.4) is 0 Å². The van der Waals surface area contributed by atoms with Crippen LogP contribution in [-0.4, -0.2) is 34.4 Å². The van der Waals surface area contributed by atoms with E-state index in [0.29, 0.717) is 13.0 Å². The number of hydrogen-bond acceptors (Lipinski definition) is 4. The molecule has 148 valence electrons. The summed E-state index contributed by atoms with van der Waals surface area (Å²) >= 11 is 0. The highest BCUT2D eigenvalue weighted by atomic mass is 32.2. The Bertz CT molecular complexity index is 752. The minimum absolute atomic E-state index is 0.221. The molecule has 3 N–H and O–H groups in total. The molecule has 0 heterocycles. The second-order valence-electron chi connectivity index (χ2n) is 6.23. The van der Waals surface area contributed by atoms with Crippen LogP contribution in [0.15, 0.2) is 35.9 Å². The molecule has 0 bridgehead atoms. The van der Waals surface area contributed by atoms with Crippen molar-refractivity contribution in [2.24, 2.45) is 0 Å². The van der Waals surface area contributed by atoms with Crippen molar-refractivity contribution >= 4 is 17.7 Å². The van der Waals surface area contributed by atoms with E-state index in [0.717, 1.165) is 24.2 Å². The van der Waals surface area contributed by atoms with E-state index in [2.05, 4.69) is 6.92 Å². The van der Waals surface area contributed by atoms with E-state index in [4.69, 9.17) is 19.1 Å². The standard InChI is InChI=1S/C17H27O7PS/c1-3-7-15-9-6-10-16(12-15)24-13-14(2)8-4-5-11-17(25(18,19)20)26(21,22)23/h6,8-10,12,17H,3-5,7,11,13H2,1-2H3,(H2,18,19,20)(H,21,22,23). The van der Waals surface area contributed by atoms with Crippen LogP contribution in [0.2, 0.25) is 0 Å². The van der Waals surface area contributed by atoms with Gasteiger partial charge in [-0.25, -0.2) is 0 Å². The zero-order valence-corrected chi connectivity index (χ0v) is 16.7. The summed E-state index contributed by atoms with van der Waals surface area (Å²) in [6.07, 6.45) is 4.21. The van der Waals surface area contributed by atoms with Gasteiger partial charge in [0.2, 0.25) is 0 Å². The summed E-state index contributed by atoms with van der Waals surface area (Å²) in [5.74, 6) is 0.775. The van der Waals surface area contributed by atoms with Crippen LogP contribution < -0.4 is 4.74 Å². The molecule has 1 unspecified atom stereocenters. The molecule has 0 spiro atoms. The van der Waals surface area contributed by atoms with E-state index in [9.17, 15) is 13.0 Å². The fourth-order valence-electron chi connectivity index (χ4n) is 2.47. The minimum atomic E-state index is -4.91. The van der Waals surface area contributed by atoms with E-state index in [-0.39, 0.29) is 12.8 Å². The van der Waals surface area contributed by atoms with Gasteiger partial charge in [0, 0.05) is 0 Å². The van der Waals surface area contributed by atoms with Gasteiger partial charge in [-0.3, -0.25) is 9.12 Å². The smallest absolute Gasteiger partial charge is 0.346 e. The van der Waals surface area contributed by atoms with Crippen molar-refractivity contribution in [3.8, 4) is 5.75 Å². The van der Waals surface area contributed by atoms with Crippen molar-refractivity contribution in [3.05, 3.63) is 41.5 Å². The molecule has 0 amide bonds. The molecule has 0 aliphatic carbocycles. The maximum Gasteiger partial charge on any atom is 0.346 e. The molecule has 9 heteroatoms. The van der Waals surface area contributed by atoms with Crippen LogP contribution >= 0.6 is 7.60 Å². The largest absolute Gasteiger partial charge is 0.489 e. The lowest BCUT2D eigenvalue weighted by Crippen LogP contribution is -2.20. The number of aryl methyl sites for hydroxylation is 1. The first-order chi connectivity index (χ1) is 12.0. The van der Waals surface area contributed by atoms with Crippen molar-refractivity contribution in [1.82, 2.24) is 0 Å². The first-order valence-corrected chi connectivity index (χ1v) is 11.6. The highest BCUT2D eigenvalue weighted by Crippen LogP contribution is 2.46. The van der Waals surface area contributed by atoms with Gasteiger partial charge in [-0.15, -0.1) is 0 Å². The molecule has 7 nitrogen and oxygen atoms in total. The van der Waals surface area contributed by atoms with Crippen LogP contribution in [0.25, 0.3) is 0 Å². The number of hydrogen-bond donors (Lipinski definition) is 3. The molecule has 0 saturated carbocycles. The van der Waals surface area contributed by atoms with Gasteiger partial charge in [-0.1, -0.05) is 31.6 Å². The molecule has 0 saturated heterocycles. The van der Waals surface area contributed by atoms with Gasteiger partial charge in [0.05, 0.1) is 0 Å².